The van der Waals surface area contributed by atoms with Gasteiger partial charge in [0.1, 0.15) is 12.0 Å². The van der Waals surface area contributed by atoms with E-state index in [0.717, 1.165) is 5.56 Å². The molecule has 1 aromatic heterocycles. The van der Waals surface area contributed by atoms with E-state index in [4.69, 9.17) is 5.26 Å². The van der Waals surface area contributed by atoms with Gasteiger partial charge >= 0.3 is 0 Å². The Bertz CT molecular complexity index is 473. The lowest BCUT2D eigenvalue weighted by Crippen LogP contribution is -1.90. The van der Waals surface area contributed by atoms with Crippen LogP contribution in [0.5, 0.6) is 0 Å². The van der Waals surface area contributed by atoms with Gasteiger partial charge in [-0.15, -0.1) is 10.2 Å². The van der Waals surface area contributed by atoms with Gasteiger partial charge in [-0.05, 0) is 6.07 Å². The molecule has 1 heterocycles. The summed E-state index contributed by atoms with van der Waals surface area (Å²) in [7, 11) is 0. The van der Waals surface area contributed by atoms with E-state index in [2.05, 4.69) is 21.3 Å². The molecule has 0 unspecified atom stereocenters. The average molecular weight is 182 g/mol. The second kappa shape index (κ2) is 3.62. The van der Waals surface area contributed by atoms with Crippen molar-refractivity contribution in [1.82, 2.24) is 15.2 Å². The molecule has 0 atom stereocenters. The van der Waals surface area contributed by atoms with Gasteiger partial charge in [0.15, 0.2) is 0 Å². The monoisotopic (exact) mass is 182 g/mol. The van der Waals surface area contributed by atoms with Crippen molar-refractivity contribution in [2.75, 3.05) is 0 Å². The fourth-order valence-corrected chi connectivity index (χ4v) is 1.17. The molecule has 4 heteroatoms. The second-order valence-corrected chi connectivity index (χ2v) is 2.65. The van der Waals surface area contributed by atoms with Crippen LogP contribution in [0.2, 0.25) is 0 Å². The van der Waals surface area contributed by atoms with Crippen molar-refractivity contribution < 1.29 is 0 Å². The van der Waals surface area contributed by atoms with Gasteiger partial charge in [0.05, 0.1) is 17.8 Å². The molecule has 0 aliphatic carbocycles. The minimum atomic E-state index is 0.579. The topological polar surface area (TPSA) is 62.5 Å². The Kier molecular flexibility index (Phi) is 2.15. The number of hydrogen-bond donors (Lipinski definition) is 0. The SMILES string of the molecule is N#Cc1ccccc1-c1cncnn1. The molecule has 0 radical (unpaired) electrons. The molecule has 0 N–H and O–H groups in total. The highest BCUT2D eigenvalue weighted by atomic mass is 15.1. The highest BCUT2D eigenvalue weighted by molar-refractivity contribution is 5.65. The summed E-state index contributed by atoms with van der Waals surface area (Å²) in [5.41, 5.74) is 1.95. The maximum atomic E-state index is 8.86. The van der Waals surface area contributed by atoms with Crippen LogP contribution in [0.15, 0.2) is 36.8 Å². The number of nitriles is 1. The molecular formula is C10H6N4. The summed E-state index contributed by atoms with van der Waals surface area (Å²) in [5.74, 6) is 0. The smallest absolute Gasteiger partial charge is 0.138 e. The summed E-state index contributed by atoms with van der Waals surface area (Å²) in [6.45, 7) is 0. The Labute approximate surface area is 80.9 Å². The van der Waals surface area contributed by atoms with E-state index in [9.17, 15) is 0 Å². The molecule has 4 nitrogen and oxygen atoms in total. The first-order valence-electron chi connectivity index (χ1n) is 4.04. The Hall–Kier alpha value is -2.28. The fourth-order valence-electron chi connectivity index (χ4n) is 1.17. The van der Waals surface area contributed by atoms with E-state index in [1.807, 2.05) is 18.2 Å². The van der Waals surface area contributed by atoms with Crippen molar-refractivity contribution in [2.24, 2.45) is 0 Å². The second-order valence-electron chi connectivity index (χ2n) is 2.65. The summed E-state index contributed by atoms with van der Waals surface area (Å²) < 4.78 is 0. The lowest BCUT2D eigenvalue weighted by atomic mass is 10.1. The zero-order valence-electron chi connectivity index (χ0n) is 7.25. The fraction of sp³-hybridized carbons (Fsp3) is 0. The summed E-state index contributed by atoms with van der Waals surface area (Å²) in [6.07, 6.45) is 2.95. The Balaban J connectivity index is 2.58. The number of benzene rings is 1. The molecule has 66 valence electrons. The van der Waals surface area contributed by atoms with Crippen molar-refractivity contribution in [1.29, 1.82) is 5.26 Å². The largest absolute Gasteiger partial charge is 0.241 e. The number of aromatic nitrogens is 3. The third-order valence-electron chi connectivity index (χ3n) is 1.80. The van der Waals surface area contributed by atoms with E-state index >= 15 is 0 Å². The van der Waals surface area contributed by atoms with Crippen molar-refractivity contribution in [3.63, 3.8) is 0 Å². The van der Waals surface area contributed by atoms with Crippen LogP contribution in [0.3, 0.4) is 0 Å². The predicted octanol–water partition coefficient (Wildman–Crippen LogP) is 1.41. The highest BCUT2D eigenvalue weighted by Crippen LogP contribution is 2.18. The summed E-state index contributed by atoms with van der Waals surface area (Å²) in [4.78, 5) is 3.85. The maximum Gasteiger partial charge on any atom is 0.138 e. The third-order valence-corrected chi connectivity index (χ3v) is 1.80. The summed E-state index contributed by atoms with van der Waals surface area (Å²) in [5, 5.41) is 16.4. The first kappa shape index (κ1) is 8.32. The zero-order valence-corrected chi connectivity index (χ0v) is 7.25. The Morgan fingerprint density at radius 3 is 2.79 bits per heavy atom. The third kappa shape index (κ3) is 1.43. The van der Waals surface area contributed by atoms with E-state index < -0.39 is 0 Å². The van der Waals surface area contributed by atoms with Crippen LogP contribution in [0.4, 0.5) is 0 Å². The predicted molar refractivity (Wildman–Crippen MR) is 50.0 cm³/mol. The first-order valence-corrected chi connectivity index (χ1v) is 4.04. The number of hydrogen-bond acceptors (Lipinski definition) is 4. The standard InChI is InChI=1S/C10H6N4/c11-5-8-3-1-2-4-9(8)10-6-12-7-13-14-10/h1-4,6-7H. The van der Waals surface area contributed by atoms with Crippen LogP contribution in [-0.2, 0) is 0 Å². The molecule has 14 heavy (non-hydrogen) atoms. The quantitative estimate of drug-likeness (QED) is 0.668. The lowest BCUT2D eigenvalue weighted by Gasteiger charge is -1.99. The zero-order chi connectivity index (χ0) is 9.80. The van der Waals surface area contributed by atoms with Crippen molar-refractivity contribution in [3.8, 4) is 17.3 Å². The van der Waals surface area contributed by atoms with Crippen molar-refractivity contribution in [2.45, 2.75) is 0 Å². The molecule has 0 amide bonds. The lowest BCUT2D eigenvalue weighted by molar-refractivity contribution is 0.976. The van der Waals surface area contributed by atoms with E-state index in [-0.39, 0.29) is 0 Å². The van der Waals surface area contributed by atoms with Crippen molar-refractivity contribution >= 4 is 0 Å². The normalized spacial score (nSPS) is 9.36. The minimum absolute atomic E-state index is 0.579. The molecule has 0 bridgehead atoms. The van der Waals surface area contributed by atoms with Gasteiger partial charge in [-0.25, -0.2) is 4.98 Å². The van der Waals surface area contributed by atoms with Crippen LogP contribution in [0.25, 0.3) is 11.3 Å². The Morgan fingerprint density at radius 1 is 1.21 bits per heavy atom. The molecule has 2 rings (SSSR count). The van der Waals surface area contributed by atoms with Gasteiger partial charge in [-0.3, -0.25) is 0 Å². The molecule has 0 aliphatic heterocycles. The molecule has 0 saturated heterocycles. The molecular weight excluding hydrogens is 176 g/mol. The summed E-state index contributed by atoms with van der Waals surface area (Å²) >= 11 is 0. The van der Waals surface area contributed by atoms with Crippen LogP contribution >= 0.6 is 0 Å². The van der Waals surface area contributed by atoms with Gasteiger partial charge in [0.25, 0.3) is 0 Å². The van der Waals surface area contributed by atoms with Gasteiger partial charge in [0, 0.05) is 5.56 Å². The Morgan fingerprint density at radius 2 is 2.07 bits per heavy atom. The molecule has 0 saturated carbocycles. The van der Waals surface area contributed by atoms with Crippen LogP contribution in [0.1, 0.15) is 5.56 Å². The van der Waals surface area contributed by atoms with Crippen LogP contribution in [-0.4, -0.2) is 15.2 Å². The van der Waals surface area contributed by atoms with Gasteiger partial charge in [0.2, 0.25) is 0 Å². The summed E-state index contributed by atoms with van der Waals surface area (Å²) in [6, 6.07) is 9.33. The highest BCUT2D eigenvalue weighted by Gasteiger charge is 2.04. The number of rotatable bonds is 1. The van der Waals surface area contributed by atoms with E-state index in [1.54, 1.807) is 12.3 Å². The van der Waals surface area contributed by atoms with Crippen LogP contribution in [0, 0.1) is 11.3 Å². The average Bonchev–Trinajstić information content (AvgIpc) is 2.30. The number of nitrogens with zero attached hydrogens (tertiary/aromatic N) is 4. The van der Waals surface area contributed by atoms with E-state index in [0.29, 0.717) is 11.3 Å². The van der Waals surface area contributed by atoms with Gasteiger partial charge in [-0.2, -0.15) is 5.26 Å². The molecule has 1 aromatic carbocycles. The van der Waals surface area contributed by atoms with Gasteiger partial charge in [-0.1, -0.05) is 18.2 Å². The van der Waals surface area contributed by atoms with Crippen molar-refractivity contribution in [3.05, 3.63) is 42.4 Å². The van der Waals surface area contributed by atoms with Gasteiger partial charge < -0.3 is 0 Å². The minimum Gasteiger partial charge on any atom is -0.241 e. The van der Waals surface area contributed by atoms with E-state index in [1.165, 1.54) is 6.33 Å². The first-order chi connectivity index (χ1) is 6.92. The molecule has 2 aromatic rings. The maximum absolute atomic E-state index is 8.86. The molecule has 0 spiro atoms. The molecule has 0 aliphatic rings. The molecule has 0 fully saturated rings. The van der Waals surface area contributed by atoms with Crippen LogP contribution < -0.4 is 0 Å².